The lowest BCUT2D eigenvalue weighted by Gasteiger charge is -2.35. The van der Waals surface area contributed by atoms with Crippen LogP contribution in [0.15, 0.2) is 24.3 Å². The zero-order valence-electron chi connectivity index (χ0n) is 10.9. The number of hydrogen-bond acceptors (Lipinski definition) is 2. The smallest absolute Gasteiger partial charge is 0.406 e. The summed E-state index contributed by atoms with van der Waals surface area (Å²) in [6, 6.07) is 5.94. The largest absolute Gasteiger partial charge is 0.573 e. The molecule has 0 radical (unpaired) electrons. The third-order valence-electron chi connectivity index (χ3n) is 3.42. The van der Waals surface area contributed by atoms with Gasteiger partial charge in [0, 0.05) is 17.9 Å². The number of ether oxygens (including phenoxy) is 2. The van der Waals surface area contributed by atoms with Gasteiger partial charge in [-0.15, -0.1) is 24.8 Å². The van der Waals surface area contributed by atoms with Gasteiger partial charge in [-0.2, -0.15) is 0 Å². The fourth-order valence-corrected chi connectivity index (χ4v) is 2.75. The normalized spacial score (nSPS) is 23.6. The Labute approximate surface area is 120 Å². The predicted octanol–water partition coefficient (Wildman–Crippen LogP) is 4.16. The molecule has 1 fully saturated rings. The molecule has 6 heteroatoms. The van der Waals surface area contributed by atoms with E-state index in [9.17, 15) is 13.2 Å². The summed E-state index contributed by atoms with van der Waals surface area (Å²) in [6.07, 6.45) is -2.03. The lowest BCUT2D eigenvalue weighted by atomic mass is 9.79. The second kappa shape index (κ2) is 6.22. The van der Waals surface area contributed by atoms with Crippen molar-refractivity contribution in [1.29, 1.82) is 0 Å². The van der Waals surface area contributed by atoms with Gasteiger partial charge >= 0.3 is 6.36 Å². The van der Waals surface area contributed by atoms with Crippen LogP contribution in [0.1, 0.15) is 18.4 Å². The minimum absolute atomic E-state index is 0.119. The Morgan fingerprint density at radius 2 is 1.95 bits per heavy atom. The Morgan fingerprint density at radius 3 is 2.45 bits per heavy atom. The highest BCUT2D eigenvalue weighted by Gasteiger charge is 2.33. The SMILES string of the molecule is FC(F)(F)Oc1ccc(CC2(CCl)CCCOC2)cc1. The first-order chi connectivity index (χ1) is 9.42. The van der Waals surface area contributed by atoms with E-state index < -0.39 is 6.36 Å². The van der Waals surface area contributed by atoms with E-state index in [-0.39, 0.29) is 11.2 Å². The van der Waals surface area contributed by atoms with Crippen molar-refractivity contribution < 1.29 is 22.6 Å². The maximum Gasteiger partial charge on any atom is 0.573 e. The van der Waals surface area contributed by atoms with E-state index in [1.54, 1.807) is 12.1 Å². The molecular formula is C14H16ClF3O2. The molecule has 0 N–H and O–H groups in total. The highest BCUT2D eigenvalue weighted by Crippen LogP contribution is 2.34. The first-order valence-electron chi connectivity index (χ1n) is 6.41. The summed E-state index contributed by atoms with van der Waals surface area (Å²) >= 11 is 6.05. The second-order valence-electron chi connectivity index (χ2n) is 5.16. The minimum Gasteiger partial charge on any atom is -0.406 e. The third-order valence-corrected chi connectivity index (χ3v) is 3.99. The van der Waals surface area contributed by atoms with Crippen molar-refractivity contribution in [2.75, 3.05) is 19.1 Å². The molecule has 2 rings (SSSR count). The van der Waals surface area contributed by atoms with E-state index >= 15 is 0 Å². The van der Waals surface area contributed by atoms with Crippen molar-refractivity contribution in [3.05, 3.63) is 29.8 Å². The van der Waals surface area contributed by atoms with Crippen molar-refractivity contribution in [3.63, 3.8) is 0 Å². The number of hydrogen-bond donors (Lipinski definition) is 0. The molecule has 1 atom stereocenters. The zero-order chi connectivity index (χ0) is 14.6. The van der Waals surface area contributed by atoms with Crippen LogP contribution in [0.5, 0.6) is 5.75 Å². The summed E-state index contributed by atoms with van der Waals surface area (Å²) in [7, 11) is 0. The summed E-state index contributed by atoms with van der Waals surface area (Å²) in [5.74, 6) is 0.273. The van der Waals surface area contributed by atoms with Gasteiger partial charge in [0.2, 0.25) is 0 Å². The van der Waals surface area contributed by atoms with Crippen LogP contribution in [-0.2, 0) is 11.2 Å². The van der Waals surface area contributed by atoms with Crippen LogP contribution in [0.2, 0.25) is 0 Å². The number of benzene rings is 1. The van der Waals surface area contributed by atoms with Gasteiger partial charge in [0.25, 0.3) is 0 Å². The van der Waals surface area contributed by atoms with Gasteiger partial charge in [-0.3, -0.25) is 0 Å². The van der Waals surface area contributed by atoms with E-state index in [1.807, 2.05) is 0 Å². The lowest BCUT2D eigenvalue weighted by Crippen LogP contribution is -2.35. The van der Waals surface area contributed by atoms with E-state index in [0.29, 0.717) is 18.9 Å². The van der Waals surface area contributed by atoms with E-state index in [2.05, 4.69) is 4.74 Å². The molecule has 0 amide bonds. The highest BCUT2D eigenvalue weighted by atomic mass is 35.5. The molecule has 1 saturated heterocycles. The molecule has 1 unspecified atom stereocenters. The molecule has 0 bridgehead atoms. The van der Waals surface area contributed by atoms with Crippen LogP contribution in [0.25, 0.3) is 0 Å². The molecule has 1 aromatic rings. The van der Waals surface area contributed by atoms with Crippen LogP contribution < -0.4 is 4.74 Å². The number of halogens is 4. The van der Waals surface area contributed by atoms with Crippen molar-refractivity contribution >= 4 is 11.6 Å². The monoisotopic (exact) mass is 308 g/mol. The van der Waals surface area contributed by atoms with Gasteiger partial charge in [-0.25, -0.2) is 0 Å². The van der Waals surface area contributed by atoms with Crippen LogP contribution >= 0.6 is 11.6 Å². The highest BCUT2D eigenvalue weighted by molar-refractivity contribution is 6.18. The van der Waals surface area contributed by atoms with Crippen LogP contribution in [0, 0.1) is 5.41 Å². The molecular weight excluding hydrogens is 293 g/mol. The Morgan fingerprint density at radius 1 is 1.25 bits per heavy atom. The second-order valence-corrected chi connectivity index (χ2v) is 5.43. The summed E-state index contributed by atoms with van der Waals surface area (Å²) in [4.78, 5) is 0. The molecule has 112 valence electrons. The number of rotatable bonds is 4. The van der Waals surface area contributed by atoms with E-state index in [0.717, 1.165) is 25.0 Å². The number of alkyl halides is 4. The topological polar surface area (TPSA) is 18.5 Å². The minimum atomic E-state index is -4.66. The fourth-order valence-electron chi connectivity index (χ4n) is 2.44. The average Bonchev–Trinajstić information content (AvgIpc) is 2.40. The fraction of sp³-hybridized carbons (Fsp3) is 0.571. The van der Waals surface area contributed by atoms with Crippen molar-refractivity contribution in [3.8, 4) is 5.75 Å². The van der Waals surface area contributed by atoms with E-state index in [4.69, 9.17) is 16.3 Å². The molecule has 0 saturated carbocycles. The van der Waals surface area contributed by atoms with Gasteiger partial charge in [0.15, 0.2) is 0 Å². The van der Waals surface area contributed by atoms with Crippen LogP contribution in [0.3, 0.4) is 0 Å². The third kappa shape index (κ3) is 4.28. The standard InChI is InChI=1S/C14H16ClF3O2/c15-9-13(6-1-7-19-10-13)8-11-2-4-12(5-3-11)20-14(16,17)18/h2-5H,1,6-10H2. The van der Waals surface area contributed by atoms with Gasteiger partial charge in [0.1, 0.15) is 5.75 Å². The molecule has 0 spiro atoms. The lowest BCUT2D eigenvalue weighted by molar-refractivity contribution is -0.274. The quantitative estimate of drug-likeness (QED) is 0.778. The summed E-state index contributed by atoms with van der Waals surface area (Å²) < 4.78 is 45.5. The Kier molecular flexibility index (Phi) is 4.81. The van der Waals surface area contributed by atoms with Crippen molar-refractivity contribution in [2.45, 2.75) is 25.6 Å². The molecule has 1 aliphatic heterocycles. The van der Waals surface area contributed by atoms with Gasteiger partial charge in [-0.05, 0) is 37.0 Å². The average molecular weight is 309 g/mol. The van der Waals surface area contributed by atoms with Crippen molar-refractivity contribution in [1.82, 2.24) is 0 Å². The zero-order valence-corrected chi connectivity index (χ0v) is 11.6. The first kappa shape index (κ1) is 15.4. The molecule has 1 heterocycles. The molecule has 20 heavy (non-hydrogen) atoms. The van der Waals surface area contributed by atoms with Crippen LogP contribution in [-0.4, -0.2) is 25.5 Å². The molecule has 2 nitrogen and oxygen atoms in total. The van der Waals surface area contributed by atoms with E-state index in [1.165, 1.54) is 12.1 Å². The summed E-state index contributed by atoms with van der Waals surface area (Å²) in [6.45, 7) is 1.34. The summed E-state index contributed by atoms with van der Waals surface area (Å²) in [5, 5.41) is 0. The Bertz CT molecular complexity index is 425. The van der Waals surface area contributed by atoms with Gasteiger partial charge in [-0.1, -0.05) is 12.1 Å². The van der Waals surface area contributed by atoms with Gasteiger partial charge in [0.05, 0.1) is 6.61 Å². The Balaban J connectivity index is 2.02. The predicted molar refractivity (Wildman–Crippen MR) is 70.0 cm³/mol. The first-order valence-corrected chi connectivity index (χ1v) is 6.94. The molecule has 1 aliphatic rings. The Hall–Kier alpha value is -0.940. The molecule has 0 aliphatic carbocycles. The van der Waals surface area contributed by atoms with Gasteiger partial charge < -0.3 is 9.47 Å². The van der Waals surface area contributed by atoms with Crippen molar-refractivity contribution in [2.24, 2.45) is 5.41 Å². The molecule has 1 aromatic carbocycles. The maximum absolute atomic E-state index is 12.1. The summed E-state index contributed by atoms with van der Waals surface area (Å²) in [5.41, 5.74) is 0.817. The maximum atomic E-state index is 12.1. The molecule has 0 aromatic heterocycles. The van der Waals surface area contributed by atoms with Crippen LogP contribution in [0.4, 0.5) is 13.2 Å².